The molecule has 4 rings (SSSR count). The first-order valence-electron chi connectivity index (χ1n) is 11.0. The quantitative estimate of drug-likeness (QED) is 0.652. The Morgan fingerprint density at radius 1 is 1.00 bits per heavy atom. The molecule has 0 bridgehead atoms. The van der Waals surface area contributed by atoms with Crippen LogP contribution in [0.4, 0.5) is 14.9 Å². The lowest BCUT2D eigenvalue weighted by atomic mass is 9.92. The molecule has 1 aliphatic carbocycles. The Labute approximate surface area is 191 Å². The highest BCUT2D eigenvalue weighted by atomic mass is 19.1. The fourth-order valence-corrected chi connectivity index (χ4v) is 4.30. The van der Waals surface area contributed by atoms with Crippen LogP contribution in [0.15, 0.2) is 48.8 Å². The van der Waals surface area contributed by atoms with E-state index in [1.165, 1.54) is 40.4 Å². The maximum Gasteiger partial charge on any atom is 0.323 e. The van der Waals surface area contributed by atoms with Crippen molar-refractivity contribution in [3.05, 3.63) is 60.2 Å². The van der Waals surface area contributed by atoms with Gasteiger partial charge < -0.3 is 21.3 Å². The average Bonchev–Trinajstić information content (AvgIpc) is 3.26. The number of benzene rings is 1. The van der Waals surface area contributed by atoms with Crippen molar-refractivity contribution in [2.45, 2.75) is 43.9 Å². The van der Waals surface area contributed by atoms with Gasteiger partial charge in [0.1, 0.15) is 5.82 Å². The van der Waals surface area contributed by atoms with Crippen LogP contribution >= 0.6 is 0 Å². The van der Waals surface area contributed by atoms with E-state index in [1.54, 1.807) is 18.2 Å². The molecule has 1 atom stereocenters. The number of nitrogens with zero attached hydrogens (tertiary/aromatic N) is 3. The lowest BCUT2D eigenvalue weighted by molar-refractivity contribution is -0.128. The third-order valence-electron chi connectivity index (χ3n) is 6.05. The van der Waals surface area contributed by atoms with Crippen molar-refractivity contribution in [2.75, 3.05) is 18.4 Å². The minimum absolute atomic E-state index is 0.0658. The standard InChI is InChI=1S/C23H27FN6O3/c24-16-2-1-3-19(14-16)28-23(33)30-13-12-29(22(32)15-8-10-26-11-9-15)21(30)20(31)27-18-6-4-17(25)5-7-18/h1-3,8-11,14,17-18,21H,4-7,12-13,25H2,(H,27,31)(H,28,33). The van der Waals surface area contributed by atoms with Crippen LogP contribution in [0.3, 0.4) is 0 Å². The number of carbonyl (C=O) groups excluding carboxylic acids is 3. The van der Waals surface area contributed by atoms with Crippen molar-refractivity contribution in [3.63, 3.8) is 0 Å². The summed E-state index contributed by atoms with van der Waals surface area (Å²) in [6, 6.07) is 8.10. The molecule has 1 aromatic heterocycles. The molecule has 33 heavy (non-hydrogen) atoms. The number of amides is 4. The Hall–Kier alpha value is -3.53. The second-order valence-corrected chi connectivity index (χ2v) is 8.36. The molecule has 1 aliphatic heterocycles. The molecular formula is C23H27FN6O3. The van der Waals surface area contributed by atoms with E-state index < -0.39 is 23.9 Å². The van der Waals surface area contributed by atoms with Crippen LogP contribution < -0.4 is 16.4 Å². The molecule has 2 heterocycles. The highest BCUT2D eigenvalue weighted by molar-refractivity contribution is 6.00. The van der Waals surface area contributed by atoms with Gasteiger partial charge in [0.05, 0.1) is 0 Å². The van der Waals surface area contributed by atoms with Gasteiger partial charge in [-0.1, -0.05) is 6.07 Å². The second-order valence-electron chi connectivity index (χ2n) is 8.36. The number of hydrogen-bond acceptors (Lipinski definition) is 5. The zero-order valence-electron chi connectivity index (χ0n) is 18.1. The minimum atomic E-state index is -1.13. The Bertz CT molecular complexity index is 1010. The Morgan fingerprint density at radius 2 is 1.70 bits per heavy atom. The smallest absolute Gasteiger partial charge is 0.323 e. The normalized spacial score (nSPS) is 22.7. The number of anilines is 1. The molecule has 1 saturated carbocycles. The van der Waals surface area contributed by atoms with Gasteiger partial charge in [-0.15, -0.1) is 0 Å². The summed E-state index contributed by atoms with van der Waals surface area (Å²) in [6.07, 6.45) is 4.96. The molecule has 2 aliphatic rings. The first kappa shape index (κ1) is 22.7. The van der Waals surface area contributed by atoms with Crippen molar-refractivity contribution in [1.29, 1.82) is 0 Å². The summed E-state index contributed by atoms with van der Waals surface area (Å²) >= 11 is 0. The van der Waals surface area contributed by atoms with Crippen LogP contribution in [0.2, 0.25) is 0 Å². The fraction of sp³-hybridized carbons (Fsp3) is 0.391. The number of aromatic nitrogens is 1. The van der Waals surface area contributed by atoms with Crippen molar-refractivity contribution in [2.24, 2.45) is 5.73 Å². The highest BCUT2D eigenvalue weighted by Gasteiger charge is 2.43. The van der Waals surface area contributed by atoms with E-state index in [1.807, 2.05) is 0 Å². The summed E-state index contributed by atoms with van der Waals surface area (Å²) in [5.41, 5.74) is 6.60. The summed E-state index contributed by atoms with van der Waals surface area (Å²) < 4.78 is 13.5. The molecule has 174 valence electrons. The van der Waals surface area contributed by atoms with E-state index in [-0.39, 0.29) is 36.8 Å². The molecule has 0 spiro atoms. The average molecular weight is 455 g/mol. The Balaban J connectivity index is 1.54. The number of rotatable bonds is 4. The lowest BCUT2D eigenvalue weighted by Gasteiger charge is -2.32. The zero-order chi connectivity index (χ0) is 23.4. The molecule has 1 unspecified atom stereocenters. The van der Waals surface area contributed by atoms with Crippen LogP contribution in [0, 0.1) is 5.82 Å². The molecule has 10 heteroatoms. The van der Waals surface area contributed by atoms with Gasteiger partial charge in [-0.2, -0.15) is 0 Å². The third-order valence-corrected chi connectivity index (χ3v) is 6.05. The zero-order valence-corrected chi connectivity index (χ0v) is 18.1. The highest BCUT2D eigenvalue weighted by Crippen LogP contribution is 2.22. The topological polar surface area (TPSA) is 121 Å². The Kier molecular flexibility index (Phi) is 6.83. The van der Waals surface area contributed by atoms with Crippen LogP contribution in [0.5, 0.6) is 0 Å². The van der Waals surface area contributed by atoms with E-state index >= 15 is 0 Å². The van der Waals surface area contributed by atoms with Gasteiger partial charge in [-0.05, 0) is 56.0 Å². The molecule has 2 aromatic rings. The number of urea groups is 1. The number of nitrogens with one attached hydrogen (secondary N) is 2. The molecular weight excluding hydrogens is 427 g/mol. The summed E-state index contributed by atoms with van der Waals surface area (Å²) in [7, 11) is 0. The molecule has 0 radical (unpaired) electrons. The number of halogens is 1. The Morgan fingerprint density at radius 3 is 2.39 bits per heavy atom. The van der Waals surface area contributed by atoms with Crippen molar-refractivity contribution in [1.82, 2.24) is 20.1 Å². The monoisotopic (exact) mass is 454 g/mol. The summed E-state index contributed by atoms with van der Waals surface area (Å²) in [5.74, 6) is -1.29. The van der Waals surface area contributed by atoms with Gasteiger partial charge in [-0.3, -0.25) is 19.5 Å². The van der Waals surface area contributed by atoms with Gasteiger partial charge >= 0.3 is 6.03 Å². The van der Waals surface area contributed by atoms with Crippen LogP contribution in [-0.4, -0.2) is 64.0 Å². The first-order chi connectivity index (χ1) is 15.9. The molecule has 4 N–H and O–H groups in total. The summed E-state index contributed by atoms with van der Waals surface area (Å²) in [4.78, 5) is 46.1. The van der Waals surface area contributed by atoms with E-state index in [0.29, 0.717) is 5.56 Å². The largest absolute Gasteiger partial charge is 0.350 e. The molecule has 2 fully saturated rings. The van der Waals surface area contributed by atoms with Gasteiger partial charge in [0.15, 0.2) is 6.17 Å². The molecule has 4 amide bonds. The first-order valence-corrected chi connectivity index (χ1v) is 11.0. The number of pyridine rings is 1. The molecule has 9 nitrogen and oxygen atoms in total. The van der Waals surface area contributed by atoms with E-state index in [0.717, 1.165) is 25.7 Å². The number of hydrogen-bond donors (Lipinski definition) is 3. The number of nitrogens with two attached hydrogens (primary N) is 1. The van der Waals surface area contributed by atoms with E-state index in [4.69, 9.17) is 5.73 Å². The molecule has 1 saturated heterocycles. The lowest BCUT2D eigenvalue weighted by Crippen LogP contribution is -2.56. The van der Waals surface area contributed by atoms with E-state index in [9.17, 15) is 18.8 Å². The summed E-state index contributed by atoms with van der Waals surface area (Å²) in [5, 5.41) is 5.61. The predicted octanol–water partition coefficient (Wildman–Crippen LogP) is 1.92. The van der Waals surface area contributed by atoms with Gasteiger partial charge in [0, 0.05) is 48.8 Å². The minimum Gasteiger partial charge on any atom is -0.350 e. The van der Waals surface area contributed by atoms with Crippen LogP contribution in [0.25, 0.3) is 0 Å². The predicted molar refractivity (Wildman–Crippen MR) is 120 cm³/mol. The third kappa shape index (κ3) is 5.28. The van der Waals surface area contributed by atoms with Crippen LogP contribution in [-0.2, 0) is 4.79 Å². The maximum atomic E-state index is 13.5. The van der Waals surface area contributed by atoms with Crippen LogP contribution in [0.1, 0.15) is 36.0 Å². The molecule has 1 aromatic carbocycles. The van der Waals surface area contributed by atoms with Crippen molar-refractivity contribution in [3.8, 4) is 0 Å². The van der Waals surface area contributed by atoms with Gasteiger partial charge in [0.25, 0.3) is 11.8 Å². The summed E-state index contributed by atoms with van der Waals surface area (Å²) in [6.45, 7) is 0.344. The van der Waals surface area contributed by atoms with Crippen molar-refractivity contribution < 1.29 is 18.8 Å². The number of carbonyl (C=O) groups is 3. The SMILES string of the molecule is NC1CCC(NC(=O)C2N(C(=O)Nc3cccc(F)c3)CCN2C(=O)c2ccncc2)CC1. The van der Waals surface area contributed by atoms with Gasteiger partial charge in [0.2, 0.25) is 0 Å². The van der Waals surface area contributed by atoms with E-state index in [2.05, 4.69) is 15.6 Å². The van der Waals surface area contributed by atoms with Crippen molar-refractivity contribution >= 4 is 23.5 Å². The fourth-order valence-electron chi connectivity index (χ4n) is 4.30. The van der Waals surface area contributed by atoms with Gasteiger partial charge in [-0.25, -0.2) is 9.18 Å². The second kappa shape index (κ2) is 9.95. The maximum absolute atomic E-state index is 13.5.